The van der Waals surface area contributed by atoms with E-state index in [-0.39, 0.29) is 30.0 Å². The molecule has 0 bridgehead atoms. The molecule has 1 saturated heterocycles. The number of aromatic hydroxyl groups is 1. The number of fused-ring (bicyclic) bond motifs is 1. The molecule has 0 spiro atoms. The van der Waals surface area contributed by atoms with E-state index in [2.05, 4.69) is 5.32 Å². The Morgan fingerprint density at radius 2 is 1.86 bits per heavy atom. The Morgan fingerprint density at radius 1 is 1.09 bits per heavy atom. The van der Waals surface area contributed by atoms with Crippen molar-refractivity contribution in [1.82, 2.24) is 10.2 Å². The molecule has 2 heterocycles. The van der Waals surface area contributed by atoms with Crippen molar-refractivity contribution in [2.75, 3.05) is 20.2 Å². The standard InChI is InChI=1S/C34H42N2O7/c1-20-29(32(39)42-24-12-9-15-36(19-24)33(40)43-34(2,3)4)30(21-10-8-11-23(37)16-21)31-26(35-20)17-22(18-27(31)38)25-13-6-7-14-28(25)41-5/h6-8,10-11,13-14,16,22,24,26,30-31,35,37H,9,12,15,17-19H2,1-5H3/t22?,24-,26?,30+,31?/m0/s1. The van der Waals surface area contributed by atoms with Gasteiger partial charge in [-0.2, -0.15) is 0 Å². The molecule has 0 radical (unpaired) electrons. The van der Waals surface area contributed by atoms with E-state index >= 15 is 0 Å². The van der Waals surface area contributed by atoms with E-state index in [1.807, 2.05) is 58.0 Å². The molecule has 1 amide bonds. The van der Waals surface area contributed by atoms with Crippen molar-refractivity contribution in [2.45, 2.75) is 83.0 Å². The van der Waals surface area contributed by atoms with E-state index in [1.54, 1.807) is 30.2 Å². The summed E-state index contributed by atoms with van der Waals surface area (Å²) >= 11 is 0. The number of likely N-dealkylation sites (tertiary alicyclic amines) is 1. The lowest BCUT2D eigenvalue weighted by molar-refractivity contribution is -0.147. The van der Waals surface area contributed by atoms with Crippen LogP contribution in [0.1, 0.15) is 76.3 Å². The first kappa shape index (κ1) is 30.4. The zero-order valence-electron chi connectivity index (χ0n) is 25.6. The van der Waals surface area contributed by atoms with Crippen molar-refractivity contribution >= 4 is 17.8 Å². The van der Waals surface area contributed by atoms with Gasteiger partial charge in [-0.15, -0.1) is 0 Å². The smallest absolute Gasteiger partial charge is 0.410 e. The van der Waals surface area contributed by atoms with Gasteiger partial charge in [0.05, 0.1) is 19.2 Å². The van der Waals surface area contributed by atoms with Crippen LogP contribution in [0.2, 0.25) is 0 Å². The van der Waals surface area contributed by atoms with Gasteiger partial charge in [0.15, 0.2) is 0 Å². The lowest BCUT2D eigenvalue weighted by Crippen LogP contribution is -2.52. The zero-order valence-corrected chi connectivity index (χ0v) is 25.6. The molecule has 5 rings (SSSR count). The molecule has 2 aromatic rings. The first-order valence-electron chi connectivity index (χ1n) is 15.1. The molecule has 2 fully saturated rings. The number of carbonyl (C=O) groups excluding carboxylic acids is 3. The van der Waals surface area contributed by atoms with Crippen LogP contribution in [0.25, 0.3) is 0 Å². The third-order valence-corrected chi connectivity index (χ3v) is 8.60. The zero-order chi connectivity index (χ0) is 30.9. The second-order valence-corrected chi connectivity index (χ2v) is 12.8. The van der Waals surface area contributed by atoms with Gasteiger partial charge in [0.2, 0.25) is 0 Å². The van der Waals surface area contributed by atoms with Crippen LogP contribution in [0.5, 0.6) is 11.5 Å². The summed E-state index contributed by atoms with van der Waals surface area (Å²) in [6, 6.07) is 14.3. The minimum absolute atomic E-state index is 0.0374. The summed E-state index contributed by atoms with van der Waals surface area (Å²) in [5, 5.41) is 13.9. The summed E-state index contributed by atoms with van der Waals surface area (Å²) in [5.41, 5.74) is 2.08. The fourth-order valence-electron chi connectivity index (χ4n) is 6.83. The molecular formula is C34H42N2O7. The number of amides is 1. The number of benzene rings is 2. The van der Waals surface area contributed by atoms with Gasteiger partial charge in [-0.05, 0) is 82.2 Å². The van der Waals surface area contributed by atoms with E-state index in [0.717, 1.165) is 11.3 Å². The number of allylic oxidation sites excluding steroid dienone is 1. The maximum absolute atomic E-state index is 14.0. The van der Waals surface area contributed by atoms with Crippen molar-refractivity contribution in [3.8, 4) is 11.5 Å². The summed E-state index contributed by atoms with van der Waals surface area (Å²) < 4.78 is 17.2. The number of phenolic OH excluding ortho intramolecular Hbond substituents is 1. The van der Waals surface area contributed by atoms with Gasteiger partial charge in [-0.25, -0.2) is 9.59 Å². The minimum atomic E-state index is -0.626. The van der Waals surface area contributed by atoms with Gasteiger partial charge in [-0.3, -0.25) is 4.79 Å². The Bertz CT molecular complexity index is 1410. The molecule has 2 aromatic carbocycles. The molecule has 2 aliphatic heterocycles. The maximum Gasteiger partial charge on any atom is 0.410 e. The van der Waals surface area contributed by atoms with Gasteiger partial charge in [-0.1, -0.05) is 30.3 Å². The van der Waals surface area contributed by atoms with E-state index in [0.29, 0.717) is 49.1 Å². The van der Waals surface area contributed by atoms with Crippen molar-refractivity contribution in [2.24, 2.45) is 5.92 Å². The Morgan fingerprint density at radius 3 is 2.58 bits per heavy atom. The average Bonchev–Trinajstić information content (AvgIpc) is 2.95. The number of hydrogen-bond donors (Lipinski definition) is 2. The van der Waals surface area contributed by atoms with Gasteiger partial charge in [0.25, 0.3) is 0 Å². The molecule has 2 N–H and O–H groups in total. The van der Waals surface area contributed by atoms with E-state index in [9.17, 15) is 19.5 Å². The van der Waals surface area contributed by atoms with Crippen LogP contribution in [0.15, 0.2) is 59.8 Å². The van der Waals surface area contributed by atoms with Gasteiger partial charge >= 0.3 is 12.1 Å². The fraction of sp³-hybridized carbons (Fsp3) is 0.500. The number of hydrogen-bond acceptors (Lipinski definition) is 8. The second-order valence-electron chi connectivity index (χ2n) is 12.8. The Balaban J connectivity index is 1.43. The number of phenols is 1. The monoisotopic (exact) mass is 590 g/mol. The van der Waals surface area contributed by atoms with Crippen LogP contribution < -0.4 is 10.1 Å². The highest BCUT2D eigenvalue weighted by Gasteiger charge is 2.49. The van der Waals surface area contributed by atoms with Gasteiger partial charge in [0, 0.05) is 36.5 Å². The highest BCUT2D eigenvalue weighted by Crippen LogP contribution is 2.48. The largest absolute Gasteiger partial charge is 0.508 e. The molecule has 9 nitrogen and oxygen atoms in total. The van der Waals surface area contributed by atoms with E-state index in [4.69, 9.17) is 14.2 Å². The highest BCUT2D eigenvalue weighted by atomic mass is 16.6. The number of carbonyl (C=O) groups is 3. The van der Waals surface area contributed by atoms with Crippen LogP contribution in [0, 0.1) is 5.92 Å². The molecule has 0 aromatic heterocycles. The first-order valence-corrected chi connectivity index (χ1v) is 15.1. The van der Waals surface area contributed by atoms with Crippen LogP contribution in [-0.4, -0.2) is 65.8 Å². The number of para-hydroxylation sites is 1. The number of ether oxygens (including phenoxy) is 3. The third-order valence-electron chi connectivity index (χ3n) is 8.60. The lowest BCUT2D eigenvalue weighted by Gasteiger charge is -2.45. The number of nitrogens with one attached hydrogen (secondary N) is 1. The number of methoxy groups -OCH3 is 1. The number of rotatable bonds is 5. The molecule has 1 saturated carbocycles. The number of piperidine rings is 1. The number of ketones is 1. The second kappa shape index (κ2) is 12.3. The van der Waals surface area contributed by atoms with Gasteiger partial charge in [0.1, 0.15) is 29.0 Å². The molecule has 230 valence electrons. The third kappa shape index (κ3) is 6.65. The van der Waals surface area contributed by atoms with Crippen LogP contribution in [-0.2, 0) is 19.1 Å². The quantitative estimate of drug-likeness (QED) is 0.443. The predicted molar refractivity (Wildman–Crippen MR) is 161 cm³/mol. The molecule has 3 unspecified atom stereocenters. The highest BCUT2D eigenvalue weighted by molar-refractivity contribution is 5.95. The fourth-order valence-corrected chi connectivity index (χ4v) is 6.83. The summed E-state index contributed by atoms with van der Waals surface area (Å²) in [6.07, 6.45) is 1.35. The van der Waals surface area contributed by atoms with Crippen LogP contribution >= 0.6 is 0 Å². The molecule has 9 heteroatoms. The van der Waals surface area contributed by atoms with E-state index in [1.165, 1.54) is 0 Å². The number of esters is 1. The SMILES string of the molecule is COc1ccccc1C1CC(=O)C2C(C1)NC(C)=C(C(=O)O[C@H]1CCCN(C(=O)OC(C)(C)C)C1)[C@H]2c1cccc(O)c1. The van der Waals surface area contributed by atoms with Crippen molar-refractivity contribution < 1.29 is 33.7 Å². The molecule has 5 atom stereocenters. The number of nitrogens with zero attached hydrogens (tertiary/aromatic N) is 1. The first-order chi connectivity index (χ1) is 20.4. The van der Waals surface area contributed by atoms with Crippen molar-refractivity contribution in [1.29, 1.82) is 0 Å². The molecule has 3 aliphatic rings. The molecule has 43 heavy (non-hydrogen) atoms. The maximum atomic E-state index is 14.0. The summed E-state index contributed by atoms with van der Waals surface area (Å²) in [6.45, 7) is 8.06. The van der Waals surface area contributed by atoms with Crippen molar-refractivity contribution in [3.05, 3.63) is 70.9 Å². The van der Waals surface area contributed by atoms with Crippen LogP contribution in [0.4, 0.5) is 4.79 Å². The van der Waals surface area contributed by atoms with Crippen molar-refractivity contribution in [3.63, 3.8) is 0 Å². The van der Waals surface area contributed by atoms with Crippen LogP contribution in [0.3, 0.4) is 0 Å². The topological polar surface area (TPSA) is 114 Å². The lowest BCUT2D eigenvalue weighted by atomic mass is 9.64. The minimum Gasteiger partial charge on any atom is -0.508 e. The Kier molecular flexibility index (Phi) is 8.71. The number of Topliss-reactive ketones (excluding diaryl/α,β-unsaturated/α-hetero) is 1. The molecular weight excluding hydrogens is 548 g/mol. The Labute approximate surface area is 253 Å². The summed E-state index contributed by atoms with van der Waals surface area (Å²) in [5.74, 6) is -0.820. The summed E-state index contributed by atoms with van der Waals surface area (Å²) in [4.78, 5) is 42.2. The molecule has 1 aliphatic carbocycles. The normalized spacial score (nSPS) is 25.8. The average molecular weight is 591 g/mol. The van der Waals surface area contributed by atoms with E-state index < -0.39 is 35.6 Å². The predicted octanol–water partition coefficient (Wildman–Crippen LogP) is 5.44. The summed E-state index contributed by atoms with van der Waals surface area (Å²) in [7, 11) is 1.63. The van der Waals surface area contributed by atoms with Gasteiger partial charge < -0.3 is 29.5 Å². The Hall–Kier alpha value is -4.01.